The molecule has 0 aromatic carbocycles. The molecular weight excluding hydrogens is 224 g/mol. The SMILES string of the molecule is CCNC1CCCC(N(C)CC2CCCCO2)C1. The molecule has 0 aromatic heterocycles. The zero-order valence-corrected chi connectivity index (χ0v) is 12.2. The predicted molar refractivity (Wildman–Crippen MR) is 75.9 cm³/mol. The van der Waals surface area contributed by atoms with E-state index < -0.39 is 0 Å². The second kappa shape index (κ2) is 7.46. The number of likely N-dealkylation sites (N-methyl/N-ethyl adjacent to an activating group) is 1. The third-order valence-electron chi connectivity index (χ3n) is 4.53. The second-order valence-corrected chi connectivity index (χ2v) is 6.00. The van der Waals surface area contributed by atoms with Crippen LogP contribution in [0.15, 0.2) is 0 Å². The van der Waals surface area contributed by atoms with Gasteiger partial charge in [-0.3, -0.25) is 0 Å². The molecule has 0 aromatic rings. The van der Waals surface area contributed by atoms with E-state index >= 15 is 0 Å². The lowest BCUT2D eigenvalue weighted by Gasteiger charge is -2.37. The third kappa shape index (κ3) is 4.22. The first kappa shape index (κ1) is 14.3. The van der Waals surface area contributed by atoms with Gasteiger partial charge in [-0.15, -0.1) is 0 Å². The van der Waals surface area contributed by atoms with E-state index in [1.807, 2.05) is 0 Å². The summed E-state index contributed by atoms with van der Waals surface area (Å²) in [6, 6.07) is 1.50. The van der Waals surface area contributed by atoms with Crippen molar-refractivity contribution in [3.05, 3.63) is 0 Å². The van der Waals surface area contributed by atoms with Gasteiger partial charge in [-0.1, -0.05) is 13.3 Å². The summed E-state index contributed by atoms with van der Waals surface area (Å²) >= 11 is 0. The Morgan fingerprint density at radius 3 is 2.78 bits per heavy atom. The minimum Gasteiger partial charge on any atom is -0.377 e. The Morgan fingerprint density at radius 1 is 1.17 bits per heavy atom. The molecule has 3 atom stereocenters. The Hall–Kier alpha value is -0.120. The Kier molecular flexibility index (Phi) is 5.93. The third-order valence-corrected chi connectivity index (χ3v) is 4.53. The molecule has 1 N–H and O–H groups in total. The summed E-state index contributed by atoms with van der Waals surface area (Å²) in [4.78, 5) is 2.56. The quantitative estimate of drug-likeness (QED) is 0.815. The fourth-order valence-corrected chi connectivity index (χ4v) is 3.46. The molecule has 1 heterocycles. The van der Waals surface area contributed by atoms with Gasteiger partial charge in [-0.25, -0.2) is 0 Å². The molecule has 3 unspecified atom stereocenters. The summed E-state index contributed by atoms with van der Waals surface area (Å²) in [7, 11) is 2.29. The zero-order valence-electron chi connectivity index (χ0n) is 12.2. The molecule has 106 valence electrons. The van der Waals surface area contributed by atoms with E-state index in [1.165, 1.54) is 44.9 Å². The second-order valence-electron chi connectivity index (χ2n) is 6.00. The lowest BCUT2D eigenvalue weighted by atomic mass is 9.90. The van der Waals surface area contributed by atoms with Gasteiger partial charge in [-0.05, 0) is 52.1 Å². The fourth-order valence-electron chi connectivity index (χ4n) is 3.46. The van der Waals surface area contributed by atoms with Crippen molar-refractivity contribution in [2.45, 2.75) is 70.1 Å². The summed E-state index contributed by atoms with van der Waals surface area (Å²) in [6.07, 6.45) is 9.77. The molecule has 0 radical (unpaired) electrons. The Labute approximate surface area is 112 Å². The number of nitrogens with zero attached hydrogens (tertiary/aromatic N) is 1. The maximum atomic E-state index is 5.86. The normalized spacial score (nSPS) is 33.8. The van der Waals surface area contributed by atoms with Gasteiger partial charge in [0, 0.05) is 25.2 Å². The molecule has 1 aliphatic heterocycles. The summed E-state index contributed by atoms with van der Waals surface area (Å²) in [6.45, 7) is 5.42. The molecule has 2 rings (SSSR count). The van der Waals surface area contributed by atoms with E-state index in [0.717, 1.165) is 31.8 Å². The molecule has 3 heteroatoms. The monoisotopic (exact) mass is 254 g/mol. The van der Waals surface area contributed by atoms with Gasteiger partial charge in [0.25, 0.3) is 0 Å². The van der Waals surface area contributed by atoms with E-state index in [4.69, 9.17) is 4.74 Å². The minimum atomic E-state index is 0.489. The topological polar surface area (TPSA) is 24.5 Å². The first-order valence-corrected chi connectivity index (χ1v) is 7.84. The summed E-state index contributed by atoms with van der Waals surface area (Å²) < 4.78 is 5.86. The van der Waals surface area contributed by atoms with Crippen LogP contribution >= 0.6 is 0 Å². The average Bonchev–Trinajstić information content (AvgIpc) is 2.40. The molecule has 2 fully saturated rings. The molecular formula is C15H30N2O. The zero-order chi connectivity index (χ0) is 12.8. The van der Waals surface area contributed by atoms with E-state index in [-0.39, 0.29) is 0 Å². The van der Waals surface area contributed by atoms with Crippen LogP contribution in [0.2, 0.25) is 0 Å². The highest BCUT2D eigenvalue weighted by Crippen LogP contribution is 2.23. The van der Waals surface area contributed by atoms with Crippen molar-refractivity contribution < 1.29 is 4.74 Å². The van der Waals surface area contributed by atoms with Gasteiger partial charge in [0.1, 0.15) is 0 Å². The maximum Gasteiger partial charge on any atom is 0.0702 e. The highest BCUT2D eigenvalue weighted by molar-refractivity contribution is 4.83. The standard InChI is InChI=1S/C15H30N2O/c1-3-16-13-7-6-8-14(11-13)17(2)12-15-9-4-5-10-18-15/h13-16H,3-12H2,1-2H3. The van der Waals surface area contributed by atoms with Crippen molar-refractivity contribution in [2.24, 2.45) is 0 Å². The maximum absolute atomic E-state index is 5.86. The number of rotatable bonds is 5. The lowest BCUT2D eigenvalue weighted by Crippen LogP contribution is -2.45. The molecule has 2 aliphatic rings. The van der Waals surface area contributed by atoms with Gasteiger partial charge >= 0.3 is 0 Å². The van der Waals surface area contributed by atoms with Crippen molar-refractivity contribution in [1.29, 1.82) is 0 Å². The fraction of sp³-hybridized carbons (Fsp3) is 1.00. The van der Waals surface area contributed by atoms with Crippen LogP contribution < -0.4 is 5.32 Å². The first-order valence-electron chi connectivity index (χ1n) is 7.84. The van der Waals surface area contributed by atoms with Crippen molar-refractivity contribution in [3.8, 4) is 0 Å². The van der Waals surface area contributed by atoms with Crippen molar-refractivity contribution in [2.75, 3.05) is 26.7 Å². The highest BCUT2D eigenvalue weighted by Gasteiger charge is 2.26. The molecule has 0 bridgehead atoms. The largest absolute Gasteiger partial charge is 0.377 e. The van der Waals surface area contributed by atoms with Crippen LogP contribution in [0.5, 0.6) is 0 Å². The molecule has 3 nitrogen and oxygen atoms in total. The predicted octanol–water partition coefficient (Wildman–Crippen LogP) is 2.41. The molecule has 18 heavy (non-hydrogen) atoms. The molecule has 0 amide bonds. The lowest BCUT2D eigenvalue weighted by molar-refractivity contribution is -0.0119. The van der Waals surface area contributed by atoms with E-state index in [0.29, 0.717) is 6.10 Å². The number of ether oxygens (including phenoxy) is 1. The molecule has 0 spiro atoms. The van der Waals surface area contributed by atoms with Gasteiger partial charge < -0.3 is 15.0 Å². The highest BCUT2D eigenvalue weighted by atomic mass is 16.5. The van der Waals surface area contributed by atoms with E-state index in [2.05, 4.69) is 24.2 Å². The van der Waals surface area contributed by atoms with Crippen LogP contribution in [0.4, 0.5) is 0 Å². The molecule has 1 saturated heterocycles. The van der Waals surface area contributed by atoms with Crippen LogP contribution in [0, 0.1) is 0 Å². The van der Waals surface area contributed by atoms with Gasteiger partial charge in [0.15, 0.2) is 0 Å². The number of hydrogen-bond acceptors (Lipinski definition) is 3. The van der Waals surface area contributed by atoms with Gasteiger partial charge in [-0.2, -0.15) is 0 Å². The molecule has 1 saturated carbocycles. The molecule has 1 aliphatic carbocycles. The summed E-state index contributed by atoms with van der Waals surface area (Å²) in [5, 5.41) is 3.62. The Morgan fingerprint density at radius 2 is 2.06 bits per heavy atom. The van der Waals surface area contributed by atoms with Crippen LogP contribution in [-0.2, 0) is 4.74 Å². The first-order chi connectivity index (χ1) is 8.79. The summed E-state index contributed by atoms with van der Waals surface area (Å²) in [5.74, 6) is 0. The minimum absolute atomic E-state index is 0.489. The van der Waals surface area contributed by atoms with Crippen LogP contribution in [0.3, 0.4) is 0 Å². The van der Waals surface area contributed by atoms with Crippen molar-refractivity contribution in [3.63, 3.8) is 0 Å². The van der Waals surface area contributed by atoms with Crippen LogP contribution in [0.1, 0.15) is 51.9 Å². The average molecular weight is 254 g/mol. The Balaban J connectivity index is 1.74. The van der Waals surface area contributed by atoms with Crippen LogP contribution in [-0.4, -0.2) is 49.8 Å². The van der Waals surface area contributed by atoms with Gasteiger partial charge in [0.05, 0.1) is 6.10 Å². The van der Waals surface area contributed by atoms with E-state index in [9.17, 15) is 0 Å². The number of nitrogens with one attached hydrogen (secondary N) is 1. The number of hydrogen-bond donors (Lipinski definition) is 1. The van der Waals surface area contributed by atoms with Crippen molar-refractivity contribution >= 4 is 0 Å². The summed E-state index contributed by atoms with van der Waals surface area (Å²) in [5.41, 5.74) is 0. The Bertz CT molecular complexity index is 227. The van der Waals surface area contributed by atoms with Crippen LogP contribution in [0.25, 0.3) is 0 Å². The smallest absolute Gasteiger partial charge is 0.0702 e. The van der Waals surface area contributed by atoms with E-state index in [1.54, 1.807) is 0 Å². The van der Waals surface area contributed by atoms with Gasteiger partial charge in [0.2, 0.25) is 0 Å². The van der Waals surface area contributed by atoms with Crippen molar-refractivity contribution in [1.82, 2.24) is 10.2 Å².